The van der Waals surface area contributed by atoms with Gasteiger partial charge in [0.25, 0.3) is 0 Å². The molecule has 134 valence electrons. The van der Waals surface area contributed by atoms with Gasteiger partial charge in [-0.15, -0.1) is 5.10 Å². The lowest BCUT2D eigenvalue weighted by Crippen LogP contribution is -2.15. The number of hydrogen-bond acceptors (Lipinski definition) is 5. The lowest BCUT2D eigenvalue weighted by Gasteiger charge is -2.05. The number of benzene rings is 3. The summed E-state index contributed by atoms with van der Waals surface area (Å²) < 4.78 is 5.08. The normalized spacial score (nSPS) is 11.5. The maximum absolute atomic E-state index is 12.9. The molecule has 5 heteroatoms. The lowest BCUT2D eigenvalue weighted by molar-refractivity contribution is 0.106. The highest BCUT2D eigenvalue weighted by Gasteiger charge is 2.16. The number of phenols is 1. The number of aromatic hydroxyl groups is 1. The summed E-state index contributed by atoms with van der Waals surface area (Å²) in [7, 11) is 1.47. The first-order valence-electron chi connectivity index (χ1n) is 8.33. The second-order valence-corrected chi connectivity index (χ2v) is 5.65. The number of ether oxygens (including phenoxy) is 1. The zero-order valence-corrected chi connectivity index (χ0v) is 14.7. The van der Waals surface area contributed by atoms with E-state index in [-0.39, 0.29) is 17.2 Å². The topological polar surface area (TPSA) is 71.2 Å². The summed E-state index contributed by atoms with van der Waals surface area (Å²) >= 11 is 0. The summed E-state index contributed by atoms with van der Waals surface area (Å²) in [6.45, 7) is 0. The molecule has 0 saturated carbocycles. The molecule has 0 spiro atoms. The molecule has 3 aromatic carbocycles. The van der Waals surface area contributed by atoms with Crippen LogP contribution in [0.1, 0.15) is 21.5 Å². The van der Waals surface area contributed by atoms with Crippen molar-refractivity contribution in [3.8, 4) is 11.5 Å². The number of carbonyl (C=O) groups excluding carboxylic acids is 1. The SMILES string of the molecule is COc1cccc(/C=N/N=C(\C(=O)c2ccccc2)c2ccccc2)c1O. The van der Waals surface area contributed by atoms with Crippen LogP contribution in [0.25, 0.3) is 0 Å². The van der Waals surface area contributed by atoms with Crippen molar-refractivity contribution >= 4 is 17.7 Å². The van der Waals surface area contributed by atoms with E-state index in [1.165, 1.54) is 13.3 Å². The van der Waals surface area contributed by atoms with Crippen molar-refractivity contribution in [1.82, 2.24) is 0 Å². The molecular formula is C22H18N2O3. The first kappa shape index (κ1) is 18.1. The average Bonchev–Trinajstić information content (AvgIpc) is 2.73. The fourth-order valence-electron chi connectivity index (χ4n) is 2.51. The van der Waals surface area contributed by atoms with Crippen molar-refractivity contribution in [2.45, 2.75) is 0 Å². The Morgan fingerprint density at radius 3 is 2.15 bits per heavy atom. The molecule has 0 aliphatic heterocycles. The highest BCUT2D eigenvalue weighted by Crippen LogP contribution is 2.28. The minimum atomic E-state index is -0.228. The largest absolute Gasteiger partial charge is 0.504 e. The van der Waals surface area contributed by atoms with Gasteiger partial charge < -0.3 is 9.84 Å². The van der Waals surface area contributed by atoms with Crippen molar-refractivity contribution in [3.63, 3.8) is 0 Å². The van der Waals surface area contributed by atoms with Gasteiger partial charge in [-0.25, -0.2) is 0 Å². The Morgan fingerprint density at radius 1 is 0.889 bits per heavy atom. The second kappa shape index (κ2) is 8.58. The summed E-state index contributed by atoms with van der Waals surface area (Å²) in [6.07, 6.45) is 1.39. The Kier molecular flexibility index (Phi) is 5.74. The Morgan fingerprint density at radius 2 is 1.52 bits per heavy atom. The monoisotopic (exact) mass is 358 g/mol. The van der Waals surface area contributed by atoms with Gasteiger partial charge in [0.1, 0.15) is 5.71 Å². The number of rotatable bonds is 6. The van der Waals surface area contributed by atoms with E-state index in [2.05, 4.69) is 10.2 Å². The van der Waals surface area contributed by atoms with Gasteiger partial charge in [0.2, 0.25) is 5.78 Å². The third-order valence-corrected chi connectivity index (χ3v) is 3.90. The molecular weight excluding hydrogens is 340 g/mol. The maximum atomic E-state index is 12.9. The van der Waals surface area contributed by atoms with Crippen molar-refractivity contribution < 1.29 is 14.6 Å². The van der Waals surface area contributed by atoms with Crippen LogP contribution in [0.2, 0.25) is 0 Å². The van der Waals surface area contributed by atoms with Gasteiger partial charge in [-0.3, -0.25) is 4.79 Å². The number of hydrogen-bond donors (Lipinski definition) is 1. The third kappa shape index (κ3) is 4.27. The smallest absolute Gasteiger partial charge is 0.213 e. The highest BCUT2D eigenvalue weighted by molar-refractivity contribution is 6.51. The Balaban J connectivity index is 1.97. The van der Waals surface area contributed by atoms with Crippen molar-refractivity contribution in [3.05, 3.63) is 95.6 Å². The summed E-state index contributed by atoms with van der Waals surface area (Å²) in [5.41, 5.74) is 1.86. The number of ketones is 1. The minimum absolute atomic E-state index is 0.0328. The van der Waals surface area contributed by atoms with Crippen molar-refractivity contribution in [2.75, 3.05) is 7.11 Å². The van der Waals surface area contributed by atoms with Gasteiger partial charge in [0.05, 0.1) is 13.3 Å². The van der Waals surface area contributed by atoms with E-state index in [1.807, 2.05) is 24.3 Å². The molecule has 0 heterocycles. The zero-order valence-electron chi connectivity index (χ0n) is 14.7. The fraction of sp³-hybridized carbons (Fsp3) is 0.0455. The van der Waals surface area contributed by atoms with Crippen LogP contribution in [0, 0.1) is 0 Å². The van der Waals surface area contributed by atoms with Crippen LogP contribution < -0.4 is 4.74 Å². The van der Waals surface area contributed by atoms with Crippen LogP contribution in [0.5, 0.6) is 11.5 Å². The molecule has 0 saturated heterocycles. The summed E-state index contributed by atoms with van der Waals surface area (Å²) in [5, 5.41) is 18.3. The van der Waals surface area contributed by atoms with Crippen LogP contribution >= 0.6 is 0 Å². The van der Waals surface area contributed by atoms with Crippen LogP contribution in [-0.2, 0) is 0 Å². The average molecular weight is 358 g/mol. The van der Waals surface area contributed by atoms with Gasteiger partial charge in [-0.05, 0) is 12.1 Å². The maximum Gasteiger partial charge on any atom is 0.213 e. The molecule has 27 heavy (non-hydrogen) atoms. The van der Waals surface area contributed by atoms with E-state index in [9.17, 15) is 9.90 Å². The van der Waals surface area contributed by atoms with Gasteiger partial charge in [-0.1, -0.05) is 66.7 Å². The van der Waals surface area contributed by atoms with Crippen molar-refractivity contribution in [1.29, 1.82) is 0 Å². The van der Waals surface area contributed by atoms with Crippen LogP contribution in [0.15, 0.2) is 89.1 Å². The fourth-order valence-corrected chi connectivity index (χ4v) is 2.51. The third-order valence-electron chi connectivity index (χ3n) is 3.90. The Labute approximate surface area is 157 Å². The molecule has 0 aliphatic carbocycles. The number of phenolic OH excluding ortho intramolecular Hbond substituents is 1. The first-order valence-corrected chi connectivity index (χ1v) is 8.33. The number of carbonyl (C=O) groups is 1. The van der Waals surface area contributed by atoms with E-state index in [0.29, 0.717) is 22.4 Å². The molecule has 0 unspecified atom stereocenters. The zero-order chi connectivity index (χ0) is 19.1. The molecule has 0 bridgehead atoms. The number of Topliss-reactive ketones (excluding diaryl/α,β-unsaturated/α-hetero) is 1. The predicted octanol–water partition coefficient (Wildman–Crippen LogP) is 4.11. The Hall–Kier alpha value is -3.73. The van der Waals surface area contributed by atoms with Gasteiger partial charge in [0.15, 0.2) is 11.5 Å². The quantitative estimate of drug-likeness (QED) is 0.409. The van der Waals surface area contributed by atoms with Crippen LogP contribution in [0.3, 0.4) is 0 Å². The van der Waals surface area contributed by atoms with E-state index < -0.39 is 0 Å². The van der Waals surface area contributed by atoms with Crippen LogP contribution in [0.4, 0.5) is 0 Å². The predicted molar refractivity (Wildman–Crippen MR) is 106 cm³/mol. The molecule has 0 aromatic heterocycles. The molecule has 3 aromatic rings. The van der Waals surface area contributed by atoms with E-state index in [0.717, 1.165) is 0 Å². The molecule has 1 N–H and O–H groups in total. The molecule has 0 amide bonds. The summed E-state index contributed by atoms with van der Waals surface area (Å²) in [6, 6.07) is 23.1. The number of methoxy groups -OCH3 is 1. The molecule has 3 rings (SSSR count). The number of nitrogens with zero attached hydrogens (tertiary/aromatic N) is 2. The van der Waals surface area contributed by atoms with Crippen molar-refractivity contribution in [2.24, 2.45) is 10.2 Å². The highest BCUT2D eigenvalue weighted by atomic mass is 16.5. The van der Waals surface area contributed by atoms with E-state index >= 15 is 0 Å². The van der Waals surface area contributed by atoms with Gasteiger partial charge in [-0.2, -0.15) is 5.10 Å². The molecule has 5 nitrogen and oxygen atoms in total. The molecule has 0 radical (unpaired) electrons. The Bertz CT molecular complexity index is 981. The molecule has 0 atom stereocenters. The first-order chi connectivity index (χ1) is 13.2. The summed E-state index contributed by atoms with van der Waals surface area (Å²) in [4.78, 5) is 12.9. The van der Waals surface area contributed by atoms with Gasteiger partial charge >= 0.3 is 0 Å². The summed E-state index contributed by atoms with van der Waals surface area (Å²) in [5.74, 6) is 0.0787. The molecule has 0 fully saturated rings. The second-order valence-electron chi connectivity index (χ2n) is 5.65. The lowest BCUT2D eigenvalue weighted by atomic mass is 10.0. The standard InChI is InChI=1S/C22H18N2O3/c1-27-19-14-8-13-18(21(19)25)15-23-24-20(16-9-4-2-5-10-16)22(26)17-11-6-3-7-12-17/h2-15,25H,1H3/b23-15+,24-20-. The van der Waals surface area contributed by atoms with E-state index in [1.54, 1.807) is 54.6 Å². The van der Waals surface area contributed by atoms with E-state index in [4.69, 9.17) is 4.74 Å². The molecule has 0 aliphatic rings. The minimum Gasteiger partial charge on any atom is -0.504 e. The number of para-hydroxylation sites is 1. The van der Waals surface area contributed by atoms with Gasteiger partial charge in [0, 0.05) is 16.7 Å². The van der Waals surface area contributed by atoms with Crippen LogP contribution in [-0.4, -0.2) is 29.9 Å².